The van der Waals surface area contributed by atoms with Crippen LogP contribution in [-0.4, -0.2) is 104 Å². The fourth-order valence-corrected chi connectivity index (χ4v) is 6.15. The van der Waals surface area contributed by atoms with Crippen LogP contribution in [0.2, 0.25) is 5.21 Å². The number of halogens is 1. The van der Waals surface area contributed by atoms with E-state index in [1.165, 1.54) is 12.1 Å². The van der Waals surface area contributed by atoms with Gasteiger partial charge >= 0.3 is 12.1 Å². The molecule has 3 heterocycles. The number of hydrogen-bond donors (Lipinski definition) is 2. The number of rotatable bonds is 6. The minimum absolute atomic E-state index is 0.0197. The van der Waals surface area contributed by atoms with E-state index < -0.39 is 28.5 Å². The SMILES string of the molecule is [B]C1([B])C(C(=O)Nc2ccc(CNC(=O)N3CCC(N4CCN(C(=O)OC(C)(C)C)CC4)CC3)c(F)c2)C1c1cccnc1. The summed E-state index contributed by atoms with van der Waals surface area (Å²) in [5.74, 6) is -1.98. The number of pyridine rings is 1. The molecule has 1 aliphatic carbocycles. The van der Waals surface area contributed by atoms with Crippen molar-refractivity contribution in [3.63, 3.8) is 0 Å². The van der Waals surface area contributed by atoms with Crippen molar-refractivity contribution in [2.75, 3.05) is 44.6 Å². The minimum Gasteiger partial charge on any atom is -0.444 e. The van der Waals surface area contributed by atoms with Gasteiger partial charge in [0.1, 0.15) is 11.4 Å². The van der Waals surface area contributed by atoms with Gasteiger partial charge < -0.3 is 25.2 Å². The van der Waals surface area contributed by atoms with E-state index in [9.17, 15) is 18.8 Å². The van der Waals surface area contributed by atoms with Gasteiger partial charge in [-0.15, -0.1) is 0 Å². The molecule has 1 aromatic carbocycles. The van der Waals surface area contributed by atoms with E-state index in [0.717, 1.165) is 31.5 Å². The summed E-state index contributed by atoms with van der Waals surface area (Å²) >= 11 is 0. The summed E-state index contributed by atoms with van der Waals surface area (Å²) in [5, 5.41) is 4.31. The predicted molar refractivity (Wildman–Crippen MR) is 166 cm³/mol. The third-order valence-electron chi connectivity index (χ3n) is 8.61. The summed E-state index contributed by atoms with van der Waals surface area (Å²) in [4.78, 5) is 48.0. The van der Waals surface area contributed by atoms with Gasteiger partial charge in [0.05, 0.1) is 15.7 Å². The maximum absolute atomic E-state index is 14.9. The predicted octanol–water partition coefficient (Wildman–Crippen LogP) is 3.25. The number of likely N-dealkylation sites (tertiary alicyclic amines) is 1. The van der Waals surface area contributed by atoms with E-state index >= 15 is 0 Å². The maximum atomic E-state index is 14.9. The van der Waals surface area contributed by atoms with Crippen LogP contribution in [0.25, 0.3) is 0 Å². The molecule has 230 valence electrons. The Labute approximate surface area is 260 Å². The van der Waals surface area contributed by atoms with Crippen molar-refractivity contribution >= 4 is 39.4 Å². The number of anilines is 1. The highest BCUT2D eigenvalue weighted by atomic mass is 19.1. The van der Waals surface area contributed by atoms with E-state index in [0.29, 0.717) is 37.8 Å². The van der Waals surface area contributed by atoms with Crippen LogP contribution in [-0.2, 0) is 16.1 Å². The molecule has 0 spiro atoms. The number of urea groups is 1. The van der Waals surface area contributed by atoms with Crippen molar-refractivity contribution in [2.24, 2.45) is 5.92 Å². The van der Waals surface area contributed by atoms with Gasteiger partial charge in [0.25, 0.3) is 0 Å². The molecule has 3 fully saturated rings. The first kappa shape index (κ1) is 31.8. The fourth-order valence-electron chi connectivity index (χ4n) is 6.15. The summed E-state index contributed by atoms with van der Waals surface area (Å²) in [6.07, 6.45) is 4.65. The van der Waals surface area contributed by atoms with Gasteiger partial charge in [-0.05, 0) is 63.3 Å². The van der Waals surface area contributed by atoms with E-state index in [1.54, 1.807) is 34.3 Å². The average molecular weight is 600 g/mol. The molecule has 2 saturated heterocycles. The monoisotopic (exact) mass is 600 g/mol. The van der Waals surface area contributed by atoms with Crippen molar-refractivity contribution in [3.8, 4) is 0 Å². The van der Waals surface area contributed by atoms with Gasteiger partial charge in [-0.1, -0.05) is 17.3 Å². The molecule has 44 heavy (non-hydrogen) atoms. The largest absolute Gasteiger partial charge is 0.444 e. The van der Waals surface area contributed by atoms with Gasteiger partial charge in [-0.2, -0.15) is 0 Å². The number of nitrogens with one attached hydrogen (secondary N) is 2. The number of carbonyl (C=O) groups excluding carboxylic acids is 3. The third kappa shape index (κ3) is 7.36. The minimum atomic E-state index is -1.21. The number of amides is 4. The Hall–Kier alpha value is -3.60. The number of hydrogen-bond acceptors (Lipinski definition) is 6. The lowest BCUT2D eigenvalue weighted by Crippen LogP contribution is -2.55. The lowest BCUT2D eigenvalue weighted by molar-refractivity contribution is -0.117. The molecule has 4 amide bonds. The summed E-state index contributed by atoms with van der Waals surface area (Å²) in [5.41, 5.74) is 0.849. The zero-order valence-electron chi connectivity index (χ0n) is 25.6. The zero-order valence-corrected chi connectivity index (χ0v) is 25.6. The van der Waals surface area contributed by atoms with Crippen LogP contribution in [0.4, 0.5) is 19.7 Å². The molecule has 3 aliphatic rings. The van der Waals surface area contributed by atoms with Gasteiger partial charge in [0, 0.05) is 81.4 Å². The van der Waals surface area contributed by atoms with Crippen LogP contribution in [0.5, 0.6) is 0 Å². The molecule has 1 saturated carbocycles. The molecule has 10 nitrogen and oxygen atoms in total. The normalized spacial score (nSPS) is 22.3. The van der Waals surface area contributed by atoms with Crippen LogP contribution >= 0.6 is 0 Å². The Balaban J connectivity index is 1.04. The lowest BCUT2D eigenvalue weighted by Gasteiger charge is -2.42. The lowest BCUT2D eigenvalue weighted by atomic mass is 9.63. The van der Waals surface area contributed by atoms with Crippen LogP contribution in [0.1, 0.15) is 50.7 Å². The number of benzene rings is 1. The first-order valence-electron chi connectivity index (χ1n) is 15.1. The quantitative estimate of drug-likeness (QED) is 0.494. The topological polar surface area (TPSA) is 107 Å². The van der Waals surface area contributed by atoms with Crippen molar-refractivity contribution in [1.82, 2.24) is 25.0 Å². The van der Waals surface area contributed by atoms with Crippen LogP contribution in [0.15, 0.2) is 42.7 Å². The highest BCUT2D eigenvalue weighted by molar-refractivity contribution is 6.46. The molecular formula is C31H39B2FN6O4. The summed E-state index contributed by atoms with van der Waals surface area (Å²) in [6, 6.07) is 8.04. The number of piperidine rings is 1. The smallest absolute Gasteiger partial charge is 0.410 e. The zero-order chi connectivity index (χ0) is 31.6. The maximum Gasteiger partial charge on any atom is 0.410 e. The van der Waals surface area contributed by atoms with E-state index in [2.05, 4.69) is 20.5 Å². The van der Waals surface area contributed by atoms with Gasteiger partial charge in [0.15, 0.2) is 0 Å². The fraction of sp³-hybridized carbons (Fsp3) is 0.548. The molecule has 2 unspecified atom stereocenters. The van der Waals surface area contributed by atoms with Gasteiger partial charge in [-0.25, -0.2) is 14.0 Å². The third-order valence-corrected chi connectivity index (χ3v) is 8.61. The van der Waals surface area contributed by atoms with E-state index in [1.807, 2.05) is 26.8 Å². The van der Waals surface area contributed by atoms with Gasteiger partial charge in [0.2, 0.25) is 5.91 Å². The highest BCUT2D eigenvalue weighted by Crippen LogP contribution is 2.66. The molecule has 5 rings (SSSR count). The second kappa shape index (κ2) is 12.8. The number of ether oxygens (including phenoxy) is 1. The molecule has 2 N–H and O–H groups in total. The average Bonchev–Trinajstić information content (AvgIpc) is 3.58. The summed E-state index contributed by atoms with van der Waals surface area (Å²) in [6.45, 7) is 9.60. The molecular weight excluding hydrogens is 561 g/mol. The molecule has 0 bridgehead atoms. The molecule has 13 heteroatoms. The van der Waals surface area contributed by atoms with E-state index in [4.69, 9.17) is 20.4 Å². The van der Waals surface area contributed by atoms with Gasteiger partial charge in [-0.3, -0.25) is 14.7 Å². The van der Waals surface area contributed by atoms with Crippen molar-refractivity contribution in [3.05, 3.63) is 59.7 Å². The number of aromatic nitrogens is 1. The van der Waals surface area contributed by atoms with E-state index in [-0.39, 0.29) is 30.3 Å². The van der Waals surface area contributed by atoms with Crippen LogP contribution in [0, 0.1) is 11.7 Å². The molecule has 2 aliphatic heterocycles. The van der Waals surface area contributed by atoms with Crippen molar-refractivity contribution in [1.29, 1.82) is 0 Å². The molecule has 2 aromatic rings. The Kier molecular flexibility index (Phi) is 9.25. The Morgan fingerprint density at radius 3 is 2.36 bits per heavy atom. The van der Waals surface area contributed by atoms with Crippen LogP contribution < -0.4 is 10.6 Å². The first-order valence-corrected chi connectivity index (χ1v) is 15.1. The number of piperazine rings is 1. The molecule has 4 radical (unpaired) electrons. The van der Waals surface area contributed by atoms with Crippen LogP contribution in [0.3, 0.4) is 0 Å². The molecule has 2 atom stereocenters. The Morgan fingerprint density at radius 2 is 1.75 bits per heavy atom. The van der Waals surface area contributed by atoms with Crippen molar-refractivity contribution < 1.29 is 23.5 Å². The molecule has 1 aromatic heterocycles. The second-order valence-corrected chi connectivity index (χ2v) is 12.9. The second-order valence-electron chi connectivity index (χ2n) is 12.9. The Bertz CT molecular complexity index is 1360. The summed E-state index contributed by atoms with van der Waals surface area (Å²) < 4.78 is 20.4. The van der Waals surface area contributed by atoms with Crippen molar-refractivity contribution in [2.45, 2.75) is 62.9 Å². The standard InChI is InChI=1S/C31H39B2FN6O4/c1-30(2,3)44-29(43)40-15-13-38(14-16-40)23-8-11-39(12-9-23)28(42)36-19-20-6-7-22(17-24(20)34)37-27(41)26-25(31(26,32)33)21-5-4-10-35-18-21/h4-7,10,17-18,23,25-26H,8-9,11-16,19H2,1-3H3,(H,36,42)(H,37,41). The highest BCUT2D eigenvalue weighted by Gasteiger charge is 2.60. The first-order chi connectivity index (χ1) is 20.8. The number of nitrogens with zero attached hydrogens (tertiary/aromatic N) is 4. The summed E-state index contributed by atoms with van der Waals surface area (Å²) in [7, 11) is 12.3. The number of carbonyl (C=O) groups is 3. The Morgan fingerprint density at radius 1 is 1.05 bits per heavy atom.